The Kier molecular flexibility index (Phi) is 4.60. The summed E-state index contributed by atoms with van der Waals surface area (Å²) in [6.45, 7) is 3.94. The maximum Gasteiger partial charge on any atom is 0.325 e. The highest BCUT2D eigenvalue weighted by atomic mass is 19.1. The van der Waals surface area contributed by atoms with Gasteiger partial charge in [0.1, 0.15) is 11.4 Å². The van der Waals surface area contributed by atoms with Gasteiger partial charge in [0.2, 0.25) is 0 Å². The molecule has 0 atom stereocenters. The molecule has 1 saturated heterocycles. The third kappa shape index (κ3) is 2.91. The molecule has 0 unspecified atom stereocenters. The van der Waals surface area contributed by atoms with E-state index >= 15 is 0 Å². The quantitative estimate of drug-likeness (QED) is 0.818. The molecule has 1 fully saturated rings. The number of carbonyl (C=O) groups excluding carboxylic acids is 2. The van der Waals surface area contributed by atoms with Gasteiger partial charge in [-0.3, -0.25) is 9.69 Å². The molecule has 114 valence electrons. The monoisotopic (exact) mass is 292 g/mol. The predicted molar refractivity (Wildman–Crippen MR) is 78.0 cm³/mol. The Morgan fingerprint density at radius 1 is 1.14 bits per heavy atom. The van der Waals surface area contributed by atoms with Gasteiger partial charge in [-0.25, -0.2) is 9.18 Å². The summed E-state index contributed by atoms with van der Waals surface area (Å²) >= 11 is 0. The molecule has 0 radical (unpaired) electrons. The molecular formula is C16H21FN2O2. The summed E-state index contributed by atoms with van der Waals surface area (Å²) in [5, 5.41) is 2.82. The number of hydrogen-bond donors (Lipinski definition) is 1. The van der Waals surface area contributed by atoms with Gasteiger partial charge in [-0.05, 0) is 18.9 Å². The van der Waals surface area contributed by atoms with Crippen molar-refractivity contribution in [2.45, 2.75) is 51.6 Å². The van der Waals surface area contributed by atoms with Crippen LogP contribution in [-0.4, -0.2) is 22.4 Å². The van der Waals surface area contributed by atoms with Gasteiger partial charge >= 0.3 is 6.03 Å². The first kappa shape index (κ1) is 15.5. The van der Waals surface area contributed by atoms with E-state index in [1.54, 1.807) is 18.2 Å². The molecule has 2 rings (SSSR count). The zero-order valence-electron chi connectivity index (χ0n) is 12.5. The van der Waals surface area contributed by atoms with Crippen molar-refractivity contribution in [3.05, 3.63) is 35.6 Å². The Bertz CT molecular complexity index is 539. The molecule has 0 aromatic heterocycles. The first-order chi connectivity index (χ1) is 10.0. The van der Waals surface area contributed by atoms with E-state index in [1.165, 1.54) is 6.07 Å². The summed E-state index contributed by atoms with van der Waals surface area (Å²) in [5.41, 5.74) is -0.462. The zero-order valence-corrected chi connectivity index (χ0v) is 12.5. The predicted octanol–water partition coefficient (Wildman–Crippen LogP) is 3.22. The molecule has 0 bridgehead atoms. The first-order valence-corrected chi connectivity index (χ1v) is 7.41. The summed E-state index contributed by atoms with van der Waals surface area (Å²) in [7, 11) is 0. The van der Waals surface area contributed by atoms with Crippen LogP contribution in [0.15, 0.2) is 24.3 Å². The number of nitrogens with one attached hydrogen (secondary N) is 1. The zero-order chi connectivity index (χ0) is 15.5. The van der Waals surface area contributed by atoms with Gasteiger partial charge in [0.15, 0.2) is 0 Å². The van der Waals surface area contributed by atoms with Gasteiger partial charge in [0.05, 0.1) is 6.54 Å². The SMILES string of the molecule is CCCC1(CCC)NC(=O)N(Cc2ccccc2F)C1=O. The normalized spacial score (nSPS) is 17.2. The van der Waals surface area contributed by atoms with Crippen molar-refractivity contribution in [2.24, 2.45) is 0 Å². The molecule has 1 aliphatic heterocycles. The lowest BCUT2D eigenvalue weighted by molar-refractivity contribution is -0.132. The van der Waals surface area contributed by atoms with Crippen molar-refractivity contribution >= 4 is 11.9 Å². The van der Waals surface area contributed by atoms with E-state index in [-0.39, 0.29) is 12.5 Å². The molecule has 0 aliphatic carbocycles. The third-order valence-corrected chi connectivity index (χ3v) is 3.89. The molecule has 1 aromatic rings. The van der Waals surface area contributed by atoms with Crippen LogP contribution < -0.4 is 5.32 Å². The van der Waals surface area contributed by atoms with Gasteiger partial charge in [-0.1, -0.05) is 44.9 Å². The van der Waals surface area contributed by atoms with Crippen molar-refractivity contribution in [2.75, 3.05) is 0 Å². The Labute approximate surface area is 124 Å². The van der Waals surface area contributed by atoms with E-state index in [0.29, 0.717) is 18.4 Å². The fraction of sp³-hybridized carbons (Fsp3) is 0.500. The minimum Gasteiger partial charge on any atom is -0.323 e. The number of amides is 3. The van der Waals surface area contributed by atoms with Crippen LogP contribution >= 0.6 is 0 Å². The van der Waals surface area contributed by atoms with Crippen molar-refractivity contribution in [1.29, 1.82) is 0 Å². The fourth-order valence-electron chi connectivity index (χ4n) is 2.93. The number of rotatable bonds is 6. The molecule has 4 nitrogen and oxygen atoms in total. The minimum absolute atomic E-state index is 0.0213. The maximum absolute atomic E-state index is 13.7. The lowest BCUT2D eigenvalue weighted by atomic mass is 9.88. The largest absolute Gasteiger partial charge is 0.325 e. The second kappa shape index (κ2) is 6.24. The van der Waals surface area contributed by atoms with Crippen LogP contribution in [0.2, 0.25) is 0 Å². The van der Waals surface area contributed by atoms with Crippen LogP contribution in [-0.2, 0) is 11.3 Å². The fourth-order valence-corrected chi connectivity index (χ4v) is 2.93. The lowest BCUT2D eigenvalue weighted by Gasteiger charge is -2.25. The molecule has 0 saturated carbocycles. The number of urea groups is 1. The molecular weight excluding hydrogens is 271 g/mol. The summed E-state index contributed by atoms with van der Waals surface area (Å²) in [4.78, 5) is 25.9. The molecule has 1 aromatic carbocycles. The second-order valence-electron chi connectivity index (χ2n) is 5.49. The molecule has 0 spiro atoms. The second-order valence-corrected chi connectivity index (χ2v) is 5.49. The smallest absolute Gasteiger partial charge is 0.323 e. The minimum atomic E-state index is -0.814. The summed E-state index contributed by atoms with van der Waals surface area (Å²) in [6.07, 6.45) is 2.83. The Morgan fingerprint density at radius 2 is 1.76 bits per heavy atom. The van der Waals surface area contributed by atoms with Crippen LogP contribution in [0.1, 0.15) is 45.1 Å². The van der Waals surface area contributed by atoms with E-state index in [1.807, 2.05) is 13.8 Å². The van der Waals surface area contributed by atoms with Gasteiger partial charge in [-0.15, -0.1) is 0 Å². The van der Waals surface area contributed by atoms with Crippen LogP contribution in [0.25, 0.3) is 0 Å². The lowest BCUT2D eigenvalue weighted by Crippen LogP contribution is -2.46. The number of benzene rings is 1. The van der Waals surface area contributed by atoms with Crippen LogP contribution in [0.4, 0.5) is 9.18 Å². The van der Waals surface area contributed by atoms with Crippen molar-refractivity contribution in [3.63, 3.8) is 0 Å². The molecule has 3 amide bonds. The first-order valence-electron chi connectivity index (χ1n) is 7.41. The number of carbonyl (C=O) groups is 2. The van der Waals surface area contributed by atoms with E-state index in [9.17, 15) is 14.0 Å². The standard InChI is InChI=1S/C16H21FN2O2/c1-3-9-16(10-4-2)14(20)19(15(21)18-16)11-12-7-5-6-8-13(12)17/h5-8H,3-4,9-11H2,1-2H3,(H,18,21). The molecule has 1 heterocycles. The maximum atomic E-state index is 13.7. The molecule has 1 aliphatic rings. The number of nitrogens with zero attached hydrogens (tertiary/aromatic N) is 1. The highest BCUT2D eigenvalue weighted by Gasteiger charge is 2.49. The molecule has 21 heavy (non-hydrogen) atoms. The van der Waals surface area contributed by atoms with Crippen molar-refractivity contribution in [1.82, 2.24) is 10.2 Å². The average molecular weight is 292 g/mol. The number of halogens is 1. The van der Waals surface area contributed by atoms with Gasteiger partial charge in [0.25, 0.3) is 5.91 Å². The third-order valence-electron chi connectivity index (χ3n) is 3.89. The van der Waals surface area contributed by atoms with E-state index in [4.69, 9.17) is 0 Å². The highest BCUT2D eigenvalue weighted by Crippen LogP contribution is 2.29. The number of hydrogen-bond acceptors (Lipinski definition) is 2. The summed E-state index contributed by atoms with van der Waals surface area (Å²) in [5.74, 6) is -0.638. The summed E-state index contributed by atoms with van der Waals surface area (Å²) < 4.78 is 13.7. The Balaban J connectivity index is 2.23. The number of imide groups is 1. The van der Waals surface area contributed by atoms with E-state index < -0.39 is 17.4 Å². The Hall–Kier alpha value is -1.91. The average Bonchev–Trinajstić information content (AvgIpc) is 2.67. The van der Waals surface area contributed by atoms with Gasteiger partial charge in [-0.2, -0.15) is 0 Å². The van der Waals surface area contributed by atoms with Gasteiger partial charge < -0.3 is 5.32 Å². The van der Waals surface area contributed by atoms with Crippen LogP contribution in [0.5, 0.6) is 0 Å². The highest BCUT2D eigenvalue weighted by molar-refractivity contribution is 6.06. The van der Waals surface area contributed by atoms with E-state index in [0.717, 1.165) is 17.7 Å². The molecule has 5 heteroatoms. The van der Waals surface area contributed by atoms with E-state index in [2.05, 4.69) is 5.32 Å². The summed E-state index contributed by atoms with van der Waals surface area (Å²) in [6, 6.07) is 5.78. The molecule has 1 N–H and O–H groups in total. The Morgan fingerprint density at radius 3 is 2.33 bits per heavy atom. The van der Waals surface area contributed by atoms with Crippen molar-refractivity contribution in [3.8, 4) is 0 Å². The van der Waals surface area contributed by atoms with Crippen LogP contribution in [0, 0.1) is 5.82 Å². The van der Waals surface area contributed by atoms with Gasteiger partial charge in [0, 0.05) is 5.56 Å². The van der Waals surface area contributed by atoms with Crippen LogP contribution in [0.3, 0.4) is 0 Å². The van der Waals surface area contributed by atoms with Crippen molar-refractivity contribution < 1.29 is 14.0 Å². The topological polar surface area (TPSA) is 49.4 Å².